The molecule has 0 spiro atoms. The van der Waals surface area contributed by atoms with Crippen molar-refractivity contribution in [1.82, 2.24) is 0 Å². The Morgan fingerprint density at radius 1 is 1.41 bits per heavy atom. The summed E-state index contributed by atoms with van der Waals surface area (Å²) in [4.78, 5) is 10.6. The molecule has 1 atom stereocenters. The molecule has 0 aromatic heterocycles. The molecule has 94 valence electrons. The molecule has 17 heavy (non-hydrogen) atoms. The van der Waals surface area contributed by atoms with Crippen molar-refractivity contribution in [3.05, 3.63) is 28.8 Å². The van der Waals surface area contributed by atoms with Crippen molar-refractivity contribution in [2.24, 2.45) is 5.73 Å². The van der Waals surface area contributed by atoms with Crippen LogP contribution in [0.2, 0.25) is 0 Å². The van der Waals surface area contributed by atoms with Gasteiger partial charge in [-0.05, 0) is 37.5 Å². The van der Waals surface area contributed by atoms with Crippen LogP contribution in [0, 0.1) is 13.8 Å². The van der Waals surface area contributed by atoms with E-state index in [1.807, 2.05) is 32.9 Å². The molecule has 0 aliphatic heterocycles. The summed E-state index contributed by atoms with van der Waals surface area (Å²) in [6.45, 7) is 6.43. The number of rotatable bonds is 5. The molecular formula is C13H19NO3. The van der Waals surface area contributed by atoms with Crippen LogP contribution in [0.1, 0.15) is 36.1 Å². The summed E-state index contributed by atoms with van der Waals surface area (Å²) in [5.41, 5.74) is 8.65. The lowest BCUT2D eigenvalue weighted by atomic mass is 9.99. The van der Waals surface area contributed by atoms with Gasteiger partial charge >= 0.3 is 5.97 Å². The summed E-state index contributed by atoms with van der Waals surface area (Å²) in [6, 6.07) is 3.32. The molecule has 0 radical (unpaired) electrons. The number of carboxylic acid groups (broad SMARTS) is 1. The van der Waals surface area contributed by atoms with Crippen LogP contribution in [0.5, 0.6) is 5.75 Å². The molecule has 4 nitrogen and oxygen atoms in total. The van der Waals surface area contributed by atoms with E-state index < -0.39 is 12.0 Å². The molecule has 0 aliphatic rings. The number of hydrogen-bond donors (Lipinski definition) is 2. The Hall–Kier alpha value is -1.55. The predicted octanol–water partition coefficient (Wildman–Crippen LogP) is 2.18. The van der Waals surface area contributed by atoms with Crippen LogP contribution in [0.25, 0.3) is 0 Å². The van der Waals surface area contributed by atoms with Crippen LogP contribution in [-0.4, -0.2) is 17.7 Å². The second-order valence-corrected chi connectivity index (χ2v) is 4.12. The Labute approximate surface area is 101 Å². The van der Waals surface area contributed by atoms with Crippen molar-refractivity contribution in [2.45, 2.75) is 33.2 Å². The number of carboxylic acids is 1. The van der Waals surface area contributed by atoms with Crippen molar-refractivity contribution in [3.8, 4) is 5.75 Å². The van der Waals surface area contributed by atoms with Gasteiger partial charge in [-0.1, -0.05) is 12.1 Å². The zero-order chi connectivity index (χ0) is 13.0. The van der Waals surface area contributed by atoms with Crippen molar-refractivity contribution < 1.29 is 14.6 Å². The molecule has 1 unspecified atom stereocenters. The first kappa shape index (κ1) is 13.5. The molecule has 3 N–H and O–H groups in total. The van der Waals surface area contributed by atoms with Gasteiger partial charge in [-0.2, -0.15) is 0 Å². The second-order valence-electron chi connectivity index (χ2n) is 4.12. The maximum absolute atomic E-state index is 10.6. The fourth-order valence-corrected chi connectivity index (χ4v) is 1.88. The number of ether oxygens (including phenoxy) is 1. The summed E-state index contributed by atoms with van der Waals surface area (Å²) >= 11 is 0. The van der Waals surface area contributed by atoms with E-state index in [9.17, 15) is 4.79 Å². The fraction of sp³-hybridized carbons (Fsp3) is 0.462. The minimum Gasteiger partial charge on any atom is -0.493 e. The molecule has 1 aromatic carbocycles. The lowest BCUT2D eigenvalue weighted by Gasteiger charge is -2.16. The molecule has 4 heteroatoms. The number of aryl methyl sites for hydroxylation is 2. The van der Waals surface area contributed by atoms with E-state index in [0.717, 1.165) is 22.4 Å². The normalized spacial score (nSPS) is 12.2. The highest BCUT2D eigenvalue weighted by molar-refractivity contribution is 5.68. The summed E-state index contributed by atoms with van der Waals surface area (Å²) in [7, 11) is 0. The molecule has 0 saturated heterocycles. The van der Waals surface area contributed by atoms with E-state index in [1.54, 1.807) is 0 Å². The van der Waals surface area contributed by atoms with E-state index in [2.05, 4.69) is 0 Å². The lowest BCUT2D eigenvalue weighted by Crippen LogP contribution is -2.15. The fourth-order valence-electron chi connectivity index (χ4n) is 1.88. The highest BCUT2D eigenvalue weighted by atomic mass is 16.5. The van der Waals surface area contributed by atoms with Gasteiger partial charge in [0.2, 0.25) is 0 Å². The Bertz CT molecular complexity index is 392. The maximum atomic E-state index is 10.6. The first-order valence-corrected chi connectivity index (χ1v) is 5.67. The summed E-state index contributed by atoms with van der Waals surface area (Å²) in [5, 5.41) is 8.72. The van der Waals surface area contributed by atoms with Gasteiger partial charge in [0.15, 0.2) is 0 Å². The van der Waals surface area contributed by atoms with E-state index in [4.69, 9.17) is 15.6 Å². The van der Waals surface area contributed by atoms with Gasteiger partial charge in [-0.25, -0.2) is 0 Å². The summed E-state index contributed by atoms with van der Waals surface area (Å²) < 4.78 is 5.53. The first-order valence-electron chi connectivity index (χ1n) is 5.67. The van der Waals surface area contributed by atoms with Crippen LogP contribution in [0.4, 0.5) is 0 Å². The molecule has 0 fully saturated rings. The number of carbonyl (C=O) groups is 1. The van der Waals surface area contributed by atoms with E-state index >= 15 is 0 Å². The van der Waals surface area contributed by atoms with Gasteiger partial charge in [0.1, 0.15) is 5.75 Å². The maximum Gasteiger partial charge on any atom is 0.305 e. The van der Waals surface area contributed by atoms with Crippen molar-refractivity contribution in [1.29, 1.82) is 0 Å². The average molecular weight is 237 g/mol. The van der Waals surface area contributed by atoms with Crippen molar-refractivity contribution in [3.63, 3.8) is 0 Å². The predicted molar refractivity (Wildman–Crippen MR) is 66.3 cm³/mol. The van der Waals surface area contributed by atoms with Gasteiger partial charge in [-0.15, -0.1) is 0 Å². The van der Waals surface area contributed by atoms with Gasteiger partial charge in [0, 0.05) is 6.04 Å². The van der Waals surface area contributed by atoms with Gasteiger partial charge in [0.05, 0.1) is 13.0 Å². The largest absolute Gasteiger partial charge is 0.493 e. The standard InChI is InChI=1S/C13H19NO3/c1-4-17-13-8(2)5-10(6-9(13)3)11(14)7-12(15)16/h5-6,11H,4,7,14H2,1-3H3,(H,15,16). The van der Waals surface area contributed by atoms with Gasteiger partial charge in [0.25, 0.3) is 0 Å². The van der Waals surface area contributed by atoms with Crippen molar-refractivity contribution >= 4 is 5.97 Å². The number of nitrogens with two attached hydrogens (primary N) is 1. The van der Waals surface area contributed by atoms with Crippen LogP contribution in [-0.2, 0) is 4.79 Å². The molecule has 0 aliphatic carbocycles. The minimum atomic E-state index is -0.887. The molecule has 0 heterocycles. The third-order valence-corrected chi connectivity index (χ3v) is 2.59. The van der Waals surface area contributed by atoms with E-state index in [-0.39, 0.29) is 6.42 Å². The third-order valence-electron chi connectivity index (χ3n) is 2.59. The second kappa shape index (κ2) is 5.68. The Balaban J connectivity index is 3.00. The molecule has 0 saturated carbocycles. The molecule has 1 aromatic rings. The SMILES string of the molecule is CCOc1c(C)cc(C(N)CC(=O)O)cc1C. The Kier molecular flexibility index (Phi) is 4.52. The minimum absolute atomic E-state index is 0.0626. The smallest absolute Gasteiger partial charge is 0.305 e. The van der Waals surface area contributed by atoms with Gasteiger partial charge < -0.3 is 15.6 Å². The molecule has 1 rings (SSSR count). The highest BCUT2D eigenvalue weighted by Gasteiger charge is 2.14. The van der Waals surface area contributed by atoms with Crippen LogP contribution >= 0.6 is 0 Å². The Morgan fingerprint density at radius 3 is 2.35 bits per heavy atom. The number of benzene rings is 1. The third kappa shape index (κ3) is 3.46. The molecule has 0 amide bonds. The van der Waals surface area contributed by atoms with Crippen LogP contribution < -0.4 is 10.5 Å². The summed E-state index contributed by atoms with van der Waals surface area (Å²) in [6.07, 6.45) is -0.0626. The van der Waals surface area contributed by atoms with Crippen molar-refractivity contribution in [2.75, 3.05) is 6.61 Å². The zero-order valence-electron chi connectivity index (χ0n) is 10.5. The van der Waals surface area contributed by atoms with Crippen LogP contribution in [0.3, 0.4) is 0 Å². The topological polar surface area (TPSA) is 72.5 Å². The lowest BCUT2D eigenvalue weighted by molar-refractivity contribution is -0.137. The zero-order valence-corrected chi connectivity index (χ0v) is 10.5. The quantitative estimate of drug-likeness (QED) is 0.823. The number of hydrogen-bond acceptors (Lipinski definition) is 3. The first-order chi connectivity index (χ1) is 7.95. The number of aliphatic carboxylic acids is 1. The molecular weight excluding hydrogens is 218 g/mol. The van der Waals surface area contributed by atoms with Crippen LogP contribution in [0.15, 0.2) is 12.1 Å². The average Bonchev–Trinajstić information content (AvgIpc) is 2.22. The van der Waals surface area contributed by atoms with Gasteiger partial charge in [-0.3, -0.25) is 4.79 Å². The Morgan fingerprint density at radius 2 is 1.94 bits per heavy atom. The van der Waals surface area contributed by atoms with E-state index in [0.29, 0.717) is 6.61 Å². The summed E-state index contributed by atoms with van der Waals surface area (Å²) in [5.74, 6) is -0.0273. The van der Waals surface area contributed by atoms with E-state index in [1.165, 1.54) is 0 Å². The monoisotopic (exact) mass is 237 g/mol. The highest BCUT2D eigenvalue weighted by Crippen LogP contribution is 2.27. The molecule has 0 bridgehead atoms.